The lowest BCUT2D eigenvalue weighted by Gasteiger charge is -2.08. The first kappa shape index (κ1) is 12.2. The van der Waals surface area contributed by atoms with Crippen molar-refractivity contribution in [1.82, 2.24) is 5.32 Å². The van der Waals surface area contributed by atoms with Crippen molar-refractivity contribution in [2.24, 2.45) is 0 Å². The van der Waals surface area contributed by atoms with Gasteiger partial charge in [0.1, 0.15) is 5.75 Å². The van der Waals surface area contributed by atoms with Crippen LogP contribution in [0.1, 0.15) is 18.4 Å². The van der Waals surface area contributed by atoms with E-state index in [4.69, 9.17) is 4.74 Å². The zero-order valence-electron chi connectivity index (χ0n) is 10.6. The molecule has 1 fully saturated rings. The van der Waals surface area contributed by atoms with Crippen molar-refractivity contribution in [3.8, 4) is 11.5 Å². The maximum Gasteiger partial charge on any atom is 0.165 e. The zero-order chi connectivity index (χ0) is 13.1. The average Bonchev–Trinajstić information content (AvgIpc) is 3.25. The molecule has 2 aromatic carbocycles. The molecule has 0 bridgehead atoms. The van der Waals surface area contributed by atoms with Crippen molar-refractivity contribution in [2.45, 2.75) is 25.4 Å². The molecule has 3 rings (SSSR count). The topological polar surface area (TPSA) is 21.3 Å². The standard InChI is InChI=1S/C16H16FNO/c17-15-3-1-2-4-16(15)19-14-9-5-12(6-10-14)11-18-13-7-8-13/h1-6,9-10,13,18H,7-8,11H2. The number of ether oxygens (including phenoxy) is 1. The lowest BCUT2D eigenvalue weighted by molar-refractivity contribution is 0.442. The highest BCUT2D eigenvalue weighted by Crippen LogP contribution is 2.24. The molecule has 0 atom stereocenters. The Labute approximate surface area is 112 Å². The lowest BCUT2D eigenvalue weighted by atomic mass is 10.2. The minimum Gasteiger partial charge on any atom is -0.454 e. The maximum atomic E-state index is 13.4. The molecule has 1 aliphatic rings. The molecule has 0 saturated heterocycles. The summed E-state index contributed by atoms with van der Waals surface area (Å²) in [5.74, 6) is 0.564. The molecular formula is C16H16FNO. The van der Waals surface area contributed by atoms with Crippen LogP contribution in [-0.4, -0.2) is 6.04 Å². The summed E-state index contributed by atoms with van der Waals surface area (Å²) in [5.41, 5.74) is 1.22. The van der Waals surface area contributed by atoms with Gasteiger partial charge >= 0.3 is 0 Å². The number of para-hydroxylation sites is 1. The van der Waals surface area contributed by atoms with Crippen LogP contribution >= 0.6 is 0 Å². The summed E-state index contributed by atoms with van der Waals surface area (Å²) in [4.78, 5) is 0. The molecule has 0 aliphatic heterocycles. The molecule has 1 aliphatic carbocycles. The van der Waals surface area contributed by atoms with Crippen molar-refractivity contribution in [2.75, 3.05) is 0 Å². The number of hydrogen-bond donors (Lipinski definition) is 1. The molecule has 1 N–H and O–H groups in total. The van der Waals surface area contributed by atoms with Gasteiger partial charge in [-0.2, -0.15) is 0 Å². The molecule has 0 unspecified atom stereocenters. The molecule has 0 heterocycles. The highest BCUT2D eigenvalue weighted by Gasteiger charge is 2.19. The molecule has 0 spiro atoms. The largest absolute Gasteiger partial charge is 0.454 e. The van der Waals surface area contributed by atoms with Crippen molar-refractivity contribution >= 4 is 0 Å². The minimum atomic E-state index is -0.345. The van der Waals surface area contributed by atoms with Gasteiger partial charge in [-0.25, -0.2) is 4.39 Å². The fourth-order valence-corrected chi connectivity index (χ4v) is 1.88. The summed E-state index contributed by atoms with van der Waals surface area (Å²) >= 11 is 0. The summed E-state index contributed by atoms with van der Waals surface area (Å²) < 4.78 is 18.9. The molecule has 19 heavy (non-hydrogen) atoms. The highest BCUT2D eigenvalue weighted by atomic mass is 19.1. The Balaban J connectivity index is 1.63. The van der Waals surface area contributed by atoms with Gasteiger partial charge in [0.25, 0.3) is 0 Å². The quantitative estimate of drug-likeness (QED) is 0.878. The number of rotatable bonds is 5. The van der Waals surface area contributed by atoms with Crippen LogP contribution in [0.2, 0.25) is 0 Å². The third-order valence-corrected chi connectivity index (χ3v) is 3.16. The van der Waals surface area contributed by atoms with E-state index in [2.05, 4.69) is 5.32 Å². The molecule has 98 valence electrons. The Morgan fingerprint density at radius 3 is 2.47 bits per heavy atom. The number of hydrogen-bond acceptors (Lipinski definition) is 2. The average molecular weight is 257 g/mol. The number of benzene rings is 2. The van der Waals surface area contributed by atoms with Gasteiger partial charge in [-0.1, -0.05) is 24.3 Å². The van der Waals surface area contributed by atoms with E-state index in [9.17, 15) is 4.39 Å². The van der Waals surface area contributed by atoms with Crippen LogP contribution in [0.5, 0.6) is 11.5 Å². The monoisotopic (exact) mass is 257 g/mol. The highest BCUT2D eigenvalue weighted by molar-refractivity contribution is 5.33. The van der Waals surface area contributed by atoms with Gasteiger partial charge < -0.3 is 10.1 Å². The number of nitrogens with one attached hydrogen (secondary N) is 1. The summed E-state index contributed by atoms with van der Waals surface area (Å²) in [6, 6.07) is 14.9. The Hall–Kier alpha value is -1.87. The van der Waals surface area contributed by atoms with Gasteiger partial charge in [0.15, 0.2) is 11.6 Å². The second-order valence-electron chi connectivity index (χ2n) is 4.83. The van der Waals surface area contributed by atoms with E-state index in [1.807, 2.05) is 24.3 Å². The molecule has 1 saturated carbocycles. The first-order chi connectivity index (χ1) is 9.31. The molecule has 3 heteroatoms. The van der Waals surface area contributed by atoms with E-state index in [0.717, 1.165) is 6.54 Å². The fourth-order valence-electron chi connectivity index (χ4n) is 1.88. The van der Waals surface area contributed by atoms with Gasteiger partial charge in [-0.3, -0.25) is 0 Å². The third kappa shape index (κ3) is 3.32. The first-order valence-corrected chi connectivity index (χ1v) is 6.56. The maximum absolute atomic E-state index is 13.4. The van der Waals surface area contributed by atoms with Gasteiger partial charge in [0.05, 0.1) is 0 Å². The molecule has 2 nitrogen and oxygen atoms in total. The van der Waals surface area contributed by atoms with Crippen molar-refractivity contribution in [1.29, 1.82) is 0 Å². The van der Waals surface area contributed by atoms with Gasteiger partial charge in [0, 0.05) is 12.6 Å². The second-order valence-corrected chi connectivity index (χ2v) is 4.83. The third-order valence-electron chi connectivity index (χ3n) is 3.16. The molecule has 0 aromatic heterocycles. The molecule has 0 amide bonds. The van der Waals surface area contributed by atoms with E-state index >= 15 is 0 Å². The summed E-state index contributed by atoms with van der Waals surface area (Å²) in [5, 5.41) is 3.45. The van der Waals surface area contributed by atoms with Crippen molar-refractivity contribution in [3.63, 3.8) is 0 Å². The van der Waals surface area contributed by atoms with E-state index < -0.39 is 0 Å². The Morgan fingerprint density at radius 1 is 1.05 bits per heavy atom. The smallest absolute Gasteiger partial charge is 0.165 e. The SMILES string of the molecule is Fc1ccccc1Oc1ccc(CNC2CC2)cc1. The van der Waals surface area contributed by atoms with Gasteiger partial charge in [0.2, 0.25) is 0 Å². The summed E-state index contributed by atoms with van der Waals surface area (Å²) in [6.45, 7) is 0.880. The normalized spacial score (nSPS) is 14.4. The van der Waals surface area contributed by atoms with Crippen LogP contribution in [0.3, 0.4) is 0 Å². The van der Waals surface area contributed by atoms with Crippen molar-refractivity contribution < 1.29 is 9.13 Å². The zero-order valence-corrected chi connectivity index (χ0v) is 10.6. The predicted octanol–water partition coefficient (Wildman–Crippen LogP) is 3.87. The van der Waals surface area contributed by atoms with Crippen LogP contribution in [0, 0.1) is 5.82 Å². The van der Waals surface area contributed by atoms with Crippen LogP contribution in [0.25, 0.3) is 0 Å². The van der Waals surface area contributed by atoms with E-state index in [0.29, 0.717) is 11.8 Å². The second kappa shape index (κ2) is 5.41. The van der Waals surface area contributed by atoms with Crippen molar-refractivity contribution in [3.05, 3.63) is 59.9 Å². The van der Waals surface area contributed by atoms with E-state index in [1.54, 1.807) is 18.2 Å². The number of halogens is 1. The Morgan fingerprint density at radius 2 is 1.79 bits per heavy atom. The fraction of sp³-hybridized carbons (Fsp3) is 0.250. The van der Waals surface area contributed by atoms with Crippen LogP contribution < -0.4 is 10.1 Å². The van der Waals surface area contributed by atoms with Crippen LogP contribution in [-0.2, 0) is 6.54 Å². The van der Waals surface area contributed by atoms with Gasteiger partial charge in [-0.05, 0) is 42.7 Å². The van der Waals surface area contributed by atoms with Crippen LogP contribution in [0.4, 0.5) is 4.39 Å². The summed E-state index contributed by atoms with van der Waals surface area (Å²) in [7, 11) is 0. The first-order valence-electron chi connectivity index (χ1n) is 6.56. The molecular weight excluding hydrogens is 241 g/mol. The van der Waals surface area contributed by atoms with E-state index in [1.165, 1.54) is 24.5 Å². The van der Waals surface area contributed by atoms with E-state index in [-0.39, 0.29) is 11.6 Å². The Kier molecular flexibility index (Phi) is 3.47. The predicted molar refractivity (Wildman–Crippen MR) is 72.8 cm³/mol. The minimum absolute atomic E-state index is 0.256. The molecule has 2 aromatic rings. The van der Waals surface area contributed by atoms with Gasteiger partial charge in [-0.15, -0.1) is 0 Å². The molecule has 0 radical (unpaired) electrons. The van der Waals surface area contributed by atoms with Crippen LogP contribution in [0.15, 0.2) is 48.5 Å². The Bertz CT molecular complexity index is 549. The summed E-state index contributed by atoms with van der Waals surface area (Å²) in [6.07, 6.45) is 2.57. The lowest BCUT2D eigenvalue weighted by Crippen LogP contribution is -2.14.